The van der Waals surface area contributed by atoms with E-state index in [9.17, 15) is 31.5 Å². The van der Waals surface area contributed by atoms with Gasteiger partial charge < -0.3 is 10.4 Å². The SMILES string of the molecule is CC(O)(C(=O)Nc1ccc(S(=O)(=O)c2cnccn2)cc1)C(F)(F)F. The molecule has 0 saturated carbocycles. The lowest BCUT2D eigenvalue weighted by molar-refractivity contribution is -0.242. The Bertz CT molecular complexity index is 866. The van der Waals surface area contributed by atoms with E-state index in [0.29, 0.717) is 6.92 Å². The molecule has 1 atom stereocenters. The number of benzene rings is 1. The van der Waals surface area contributed by atoms with Crippen LogP contribution in [0.3, 0.4) is 0 Å². The molecule has 0 aliphatic heterocycles. The Morgan fingerprint density at radius 1 is 1.16 bits per heavy atom. The van der Waals surface area contributed by atoms with Gasteiger partial charge in [0, 0.05) is 18.1 Å². The van der Waals surface area contributed by atoms with Gasteiger partial charge in [0.05, 0.1) is 11.1 Å². The van der Waals surface area contributed by atoms with Crippen molar-refractivity contribution in [2.24, 2.45) is 0 Å². The summed E-state index contributed by atoms with van der Waals surface area (Å²) in [5.41, 5.74) is -3.70. The van der Waals surface area contributed by atoms with Crippen LogP contribution < -0.4 is 5.32 Å². The summed E-state index contributed by atoms with van der Waals surface area (Å²) in [5, 5.41) is 10.8. The number of rotatable bonds is 4. The number of alkyl halides is 3. The summed E-state index contributed by atoms with van der Waals surface area (Å²) in [4.78, 5) is 18.7. The van der Waals surface area contributed by atoms with E-state index in [1.54, 1.807) is 0 Å². The molecule has 0 fully saturated rings. The summed E-state index contributed by atoms with van der Waals surface area (Å²) in [6.45, 7) is 0.315. The molecular formula is C14H12F3N3O4S. The van der Waals surface area contributed by atoms with Gasteiger partial charge in [-0.25, -0.2) is 13.4 Å². The maximum Gasteiger partial charge on any atom is 0.426 e. The van der Waals surface area contributed by atoms with Crippen LogP contribution >= 0.6 is 0 Å². The third kappa shape index (κ3) is 3.77. The minimum Gasteiger partial charge on any atom is -0.373 e. The highest BCUT2D eigenvalue weighted by molar-refractivity contribution is 7.91. The number of amides is 1. The second-order valence-electron chi connectivity index (χ2n) is 5.10. The second kappa shape index (κ2) is 6.41. The fourth-order valence-electron chi connectivity index (χ4n) is 1.64. The summed E-state index contributed by atoms with van der Waals surface area (Å²) in [6.07, 6.45) is -1.62. The fourth-order valence-corrected chi connectivity index (χ4v) is 2.78. The number of sulfone groups is 1. The van der Waals surface area contributed by atoms with Crippen molar-refractivity contribution >= 4 is 21.4 Å². The van der Waals surface area contributed by atoms with Crippen molar-refractivity contribution in [2.75, 3.05) is 5.32 Å². The smallest absolute Gasteiger partial charge is 0.373 e. The number of anilines is 1. The molecule has 1 aromatic carbocycles. The van der Waals surface area contributed by atoms with E-state index in [1.807, 2.05) is 5.32 Å². The van der Waals surface area contributed by atoms with E-state index < -0.39 is 27.5 Å². The summed E-state index contributed by atoms with van der Waals surface area (Å²) < 4.78 is 62.3. The second-order valence-corrected chi connectivity index (χ2v) is 6.99. The Morgan fingerprint density at radius 3 is 2.24 bits per heavy atom. The number of hydrogen-bond acceptors (Lipinski definition) is 6. The highest BCUT2D eigenvalue weighted by atomic mass is 32.2. The zero-order valence-electron chi connectivity index (χ0n) is 12.6. The molecule has 0 aliphatic carbocycles. The number of carbonyl (C=O) groups is 1. The van der Waals surface area contributed by atoms with E-state index in [0.717, 1.165) is 30.5 Å². The summed E-state index contributed by atoms with van der Waals surface area (Å²) >= 11 is 0. The van der Waals surface area contributed by atoms with Crippen LogP contribution in [0.1, 0.15) is 6.92 Å². The van der Waals surface area contributed by atoms with Crippen molar-refractivity contribution in [1.29, 1.82) is 0 Å². The first-order valence-corrected chi connectivity index (χ1v) is 8.16. The van der Waals surface area contributed by atoms with Gasteiger partial charge in [-0.3, -0.25) is 9.78 Å². The van der Waals surface area contributed by atoms with Crippen LogP contribution in [-0.4, -0.2) is 41.2 Å². The Morgan fingerprint density at radius 2 is 1.76 bits per heavy atom. The van der Waals surface area contributed by atoms with Crippen molar-refractivity contribution in [3.63, 3.8) is 0 Å². The molecule has 7 nitrogen and oxygen atoms in total. The molecule has 1 heterocycles. The average Bonchev–Trinajstić information content (AvgIpc) is 2.55. The molecule has 0 aliphatic rings. The van der Waals surface area contributed by atoms with E-state index in [2.05, 4.69) is 9.97 Å². The van der Waals surface area contributed by atoms with Crippen molar-refractivity contribution in [2.45, 2.75) is 28.6 Å². The Balaban J connectivity index is 2.23. The normalized spacial score (nSPS) is 14.6. The van der Waals surface area contributed by atoms with E-state index in [-0.39, 0.29) is 15.6 Å². The van der Waals surface area contributed by atoms with Gasteiger partial charge in [0.2, 0.25) is 15.4 Å². The van der Waals surface area contributed by atoms with Crippen LogP contribution in [0.2, 0.25) is 0 Å². The lowest BCUT2D eigenvalue weighted by Gasteiger charge is -2.24. The van der Waals surface area contributed by atoms with Crippen LogP contribution in [0.4, 0.5) is 18.9 Å². The van der Waals surface area contributed by atoms with E-state index in [1.165, 1.54) is 12.4 Å². The molecule has 134 valence electrons. The van der Waals surface area contributed by atoms with Crippen LogP contribution in [0.15, 0.2) is 52.8 Å². The molecule has 2 rings (SSSR count). The lowest BCUT2D eigenvalue weighted by Crippen LogP contribution is -2.52. The molecule has 25 heavy (non-hydrogen) atoms. The average molecular weight is 375 g/mol. The van der Waals surface area contributed by atoms with E-state index >= 15 is 0 Å². The van der Waals surface area contributed by atoms with Gasteiger partial charge in [-0.2, -0.15) is 13.2 Å². The molecule has 0 spiro atoms. The van der Waals surface area contributed by atoms with Gasteiger partial charge in [-0.05, 0) is 31.2 Å². The third-order valence-corrected chi connectivity index (χ3v) is 4.89. The maximum absolute atomic E-state index is 12.6. The van der Waals surface area contributed by atoms with Crippen molar-refractivity contribution in [1.82, 2.24) is 9.97 Å². The predicted molar refractivity (Wildman–Crippen MR) is 79.2 cm³/mol. The molecule has 1 amide bonds. The van der Waals surface area contributed by atoms with Gasteiger partial charge in [0.15, 0.2) is 5.03 Å². The standard InChI is InChI=1S/C14H12F3N3O4S/c1-13(22,14(15,16)17)12(21)20-9-2-4-10(5-3-9)25(23,24)11-8-18-6-7-19-11/h2-8,22H,1H3,(H,20,21). The molecule has 2 aromatic rings. The summed E-state index contributed by atoms with van der Waals surface area (Å²) in [7, 11) is -3.95. The van der Waals surface area contributed by atoms with Crippen LogP contribution in [-0.2, 0) is 14.6 Å². The largest absolute Gasteiger partial charge is 0.426 e. The van der Waals surface area contributed by atoms with Crippen molar-refractivity contribution in [3.05, 3.63) is 42.9 Å². The zero-order valence-corrected chi connectivity index (χ0v) is 13.5. The highest BCUT2D eigenvalue weighted by Gasteiger charge is 2.55. The van der Waals surface area contributed by atoms with Crippen LogP contribution in [0.25, 0.3) is 0 Å². The number of halogens is 3. The molecule has 2 N–H and O–H groups in total. The van der Waals surface area contributed by atoms with Gasteiger partial charge >= 0.3 is 6.18 Å². The quantitative estimate of drug-likeness (QED) is 0.839. The number of carbonyl (C=O) groups excluding carboxylic acids is 1. The highest BCUT2D eigenvalue weighted by Crippen LogP contribution is 2.31. The lowest BCUT2D eigenvalue weighted by atomic mass is 10.1. The Labute approximate surface area is 140 Å². The summed E-state index contributed by atoms with van der Waals surface area (Å²) in [5.74, 6) is -1.69. The van der Waals surface area contributed by atoms with Gasteiger partial charge in [-0.15, -0.1) is 0 Å². The molecule has 0 radical (unpaired) electrons. The first-order chi connectivity index (χ1) is 11.5. The van der Waals surface area contributed by atoms with Crippen LogP contribution in [0.5, 0.6) is 0 Å². The maximum atomic E-state index is 12.6. The number of aliphatic hydroxyl groups is 1. The first-order valence-electron chi connectivity index (χ1n) is 6.68. The topological polar surface area (TPSA) is 109 Å². The first kappa shape index (κ1) is 18.8. The van der Waals surface area contributed by atoms with Gasteiger partial charge in [-0.1, -0.05) is 0 Å². The van der Waals surface area contributed by atoms with Gasteiger partial charge in [0.25, 0.3) is 5.91 Å². The van der Waals surface area contributed by atoms with Crippen LogP contribution in [0, 0.1) is 0 Å². The monoisotopic (exact) mass is 375 g/mol. The number of nitrogens with zero attached hydrogens (tertiary/aromatic N) is 2. The Hall–Kier alpha value is -2.53. The number of aromatic nitrogens is 2. The molecule has 1 aromatic heterocycles. The molecule has 0 bridgehead atoms. The molecule has 0 saturated heterocycles. The number of hydrogen-bond donors (Lipinski definition) is 2. The molecule has 1 unspecified atom stereocenters. The molecule has 11 heteroatoms. The zero-order chi connectivity index (χ0) is 18.9. The van der Waals surface area contributed by atoms with Gasteiger partial charge in [0.1, 0.15) is 0 Å². The fraction of sp³-hybridized carbons (Fsp3) is 0.214. The van der Waals surface area contributed by atoms with Crippen molar-refractivity contribution in [3.8, 4) is 0 Å². The van der Waals surface area contributed by atoms with E-state index in [4.69, 9.17) is 0 Å². The number of nitrogens with one attached hydrogen (secondary N) is 1. The Kier molecular flexibility index (Phi) is 4.82. The van der Waals surface area contributed by atoms with Crippen molar-refractivity contribution < 1.29 is 31.5 Å². The minimum absolute atomic E-state index is 0.118. The minimum atomic E-state index is -5.16. The third-order valence-electron chi connectivity index (χ3n) is 3.23. The molecular weight excluding hydrogens is 363 g/mol. The summed E-state index contributed by atoms with van der Waals surface area (Å²) in [6, 6.07) is 4.35. The predicted octanol–water partition coefficient (Wildman–Crippen LogP) is 1.56.